The Balaban J connectivity index is 1.89. The highest BCUT2D eigenvalue weighted by Gasteiger charge is 2.41. The molecule has 0 amide bonds. The second kappa shape index (κ2) is 7.28. The zero-order valence-corrected chi connectivity index (χ0v) is 12.0. The maximum absolute atomic E-state index is 12.6. The van der Waals surface area contributed by atoms with Crippen LogP contribution in [0, 0.1) is 11.8 Å². The molecule has 0 aromatic carbocycles. The quantitative estimate of drug-likeness (QED) is 0.579. The van der Waals surface area contributed by atoms with Crippen molar-refractivity contribution < 1.29 is 29.2 Å². The van der Waals surface area contributed by atoms with Gasteiger partial charge in [0.1, 0.15) is 12.2 Å². The molecule has 1 heterocycles. The van der Waals surface area contributed by atoms with Crippen molar-refractivity contribution in [1.82, 2.24) is 4.90 Å². The SMILES string of the molecule is OC[C@H]1[C@@H](O)[C@H](O)[C@@H](O)CN1C[C@H]1CC[C@H](C(F)F)CC1. The van der Waals surface area contributed by atoms with E-state index in [-0.39, 0.29) is 19.1 Å². The topological polar surface area (TPSA) is 84.2 Å². The fourth-order valence-electron chi connectivity index (χ4n) is 3.54. The van der Waals surface area contributed by atoms with Crippen LogP contribution in [0.15, 0.2) is 0 Å². The highest BCUT2D eigenvalue weighted by atomic mass is 19.3. The lowest BCUT2D eigenvalue weighted by molar-refractivity contribution is -0.148. The second-order valence-corrected chi connectivity index (χ2v) is 6.37. The predicted octanol–water partition coefficient (Wildman–Crippen LogP) is -0.183. The molecule has 7 heteroatoms. The molecule has 0 aromatic rings. The summed E-state index contributed by atoms with van der Waals surface area (Å²) in [5.41, 5.74) is 0. The summed E-state index contributed by atoms with van der Waals surface area (Å²) < 4.78 is 25.3. The largest absolute Gasteiger partial charge is 0.395 e. The third kappa shape index (κ3) is 3.90. The van der Waals surface area contributed by atoms with Crippen molar-refractivity contribution in [2.24, 2.45) is 11.8 Å². The van der Waals surface area contributed by atoms with E-state index >= 15 is 0 Å². The van der Waals surface area contributed by atoms with Crippen molar-refractivity contribution in [3.8, 4) is 0 Å². The first-order valence-electron chi connectivity index (χ1n) is 7.61. The third-order valence-corrected chi connectivity index (χ3v) is 4.96. The number of likely N-dealkylation sites (tertiary alicyclic amines) is 1. The molecule has 5 nitrogen and oxygen atoms in total. The number of rotatable bonds is 4. The summed E-state index contributed by atoms with van der Waals surface area (Å²) >= 11 is 0. The molecule has 1 saturated heterocycles. The van der Waals surface area contributed by atoms with Gasteiger partial charge < -0.3 is 20.4 Å². The number of aliphatic hydroxyl groups is 4. The van der Waals surface area contributed by atoms with Crippen molar-refractivity contribution >= 4 is 0 Å². The molecule has 0 aromatic heterocycles. The smallest absolute Gasteiger partial charge is 0.241 e. The fourth-order valence-corrected chi connectivity index (χ4v) is 3.54. The Bertz CT molecular complexity index is 326. The van der Waals surface area contributed by atoms with Gasteiger partial charge in [-0.15, -0.1) is 0 Å². The van der Waals surface area contributed by atoms with E-state index in [0.717, 1.165) is 0 Å². The molecule has 4 N–H and O–H groups in total. The van der Waals surface area contributed by atoms with Crippen LogP contribution in [0.5, 0.6) is 0 Å². The molecule has 1 aliphatic heterocycles. The van der Waals surface area contributed by atoms with E-state index in [2.05, 4.69) is 0 Å². The zero-order chi connectivity index (χ0) is 15.6. The minimum atomic E-state index is -2.26. The van der Waals surface area contributed by atoms with Crippen LogP contribution in [0.3, 0.4) is 0 Å². The van der Waals surface area contributed by atoms with Gasteiger partial charge in [0, 0.05) is 19.0 Å². The van der Waals surface area contributed by atoms with Crippen molar-refractivity contribution in [3.63, 3.8) is 0 Å². The van der Waals surface area contributed by atoms with Crippen molar-refractivity contribution in [3.05, 3.63) is 0 Å². The lowest BCUT2D eigenvalue weighted by Gasteiger charge is -2.45. The summed E-state index contributed by atoms with van der Waals surface area (Å²) in [5, 5.41) is 38.7. The molecule has 0 radical (unpaired) electrons. The maximum Gasteiger partial charge on any atom is 0.241 e. The first-order chi connectivity index (χ1) is 9.93. The highest BCUT2D eigenvalue weighted by molar-refractivity contribution is 4.95. The van der Waals surface area contributed by atoms with Gasteiger partial charge in [-0.1, -0.05) is 0 Å². The lowest BCUT2D eigenvalue weighted by atomic mass is 9.81. The summed E-state index contributed by atoms with van der Waals surface area (Å²) in [4.78, 5) is 1.77. The van der Waals surface area contributed by atoms with Crippen LogP contribution in [-0.2, 0) is 0 Å². The Morgan fingerprint density at radius 1 is 1.00 bits per heavy atom. The van der Waals surface area contributed by atoms with E-state index in [1.807, 2.05) is 0 Å². The van der Waals surface area contributed by atoms with E-state index in [4.69, 9.17) is 0 Å². The third-order valence-electron chi connectivity index (χ3n) is 4.96. The summed E-state index contributed by atoms with van der Waals surface area (Å²) in [6.45, 7) is 0.414. The van der Waals surface area contributed by atoms with Gasteiger partial charge >= 0.3 is 0 Å². The van der Waals surface area contributed by atoms with Gasteiger partial charge in [-0.25, -0.2) is 8.78 Å². The lowest BCUT2D eigenvalue weighted by Crippen LogP contribution is -2.63. The molecule has 2 aliphatic rings. The summed E-state index contributed by atoms with van der Waals surface area (Å²) in [6.07, 6.45) is -3.40. The van der Waals surface area contributed by atoms with Crippen LogP contribution in [0.25, 0.3) is 0 Å². The number of piperidine rings is 1. The summed E-state index contributed by atoms with van der Waals surface area (Å²) in [5.74, 6) is -0.294. The summed E-state index contributed by atoms with van der Waals surface area (Å²) in [7, 11) is 0. The van der Waals surface area contributed by atoms with Crippen LogP contribution in [0.1, 0.15) is 25.7 Å². The zero-order valence-electron chi connectivity index (χ0n) is 12.0. The minimum absolute atomic E-state index is 0.179. The van der Waals surface area contributed by atoms with E-state index in [9.17, 15) is 29.2 Å². The second-order valence-electron chi connectivity index (χ2n) is 6.37. The van der Waals surface area contributed by atoms with Crippen LogP contribution >= 0.6 is 0 Å². The van der Waals surface area contributed by atoms with Crippen molar-refractivity contribution in [2.45, 2.75) is 56.5 Å². The molecule has 124 valence electrons. The number of hydrogen-bond acceptors (Lipinski definition) is 5. The number of β-amino-alcohol motifs (C(OH)–C–C–N with tert-alkyl or cyclic N) is 1. The Kier molecular flexibility index (Phi) is 5.90. The molecule has 0 unspecified atom stereocenters. The van der Waals surface area contributed by atoms with Gasteiger partial charge in [-0.05, 0) is 31.6 Å². The van der Waals surface area contributed by atoms with Crippen molar-refractivity contribution in [2.75, 3.05) is 19.7 Å². The molecule has 1 saturated carbocycles. The van der Waals surface area contributed by atoms with Crippen LogP contribution < -0.4 is 0 Å². The van der Waals surface area contributed by atoms with E-state index in [1.165, 1.54) is 0 Å². The number of halogens is 2. The van der Waals surface area contributed by atoms with Crippen LogP contribution in [-0.4, -0.2) is 75.8 Å². The van der Waals surface area contributed by atoms with Crippen LogP contribution in [0.4, 0.5) is 8.78 Å². The van der Waals surface area contributed by atoms with Gasteiger partial charge in [0.05, 0.1) is 18.8 Å². The number of nitrogens with zero attached hydrogens (tertiary/aromatic N) is 1. The highest BCUT2D eigenvalue weighted by Crippen LogP contribution is 2.34. The molecular formula is C14H25F2NO4. The number of aliphatic hydroxyl groups excluding tert-OH is 4. The molecule has 1 aliphatic carbocycles. The molecule has 2 rings (SSSR count). The van der Waals surface area contributed by atoms with Crippen molar-refractivity contribution in [1.29, 1.82) is 0 Å². The van der Waals surface area contributed by atoms with E-state index in [1.54, 1.807) is 4.90 Å². The average Bonchev–Trinajstić information content (AvgIpc) is 2.46. The Morgan fingerprint density at radius 3 is 2.14 bits per heavy atom. The Labute approximate surface area is 123 Å². The Morgan fingerprint density at radius 2 is 1.62 bits per heavy atom. The monoisotopic (exact) mass is 309 g/mol. The maximum atomic E-state index is 12.6. The molecule has 2 fully saturated rings. The standard InChI is InChI=1S/C14H25F2NO4/c15-14(16)9-3-1-8(2-4-9)5-17-6-11(19)13(21)12(20)10(17)7-18/h8-14,18-21H,1-7H2/t8-,9-,10-,11-,12+,13+/m0/s1. The molecule has 4 atom stereocenters. The first kappa shape index (κ1) is 17.0. The Hall–Kier alpha value is -0.340. The number of hydrogen-bond donors (Lipinski definition) is 4. The van der Waals surface area contributed by atoms with Crippen LogP contribution in [0.2, 0.25) is 0 Å². The van der Waals surface area contributed by atoms with Gasteiger partial charge in [0.15, 0.2) is 0 Å². The van der Waals surface area contributed by atoms with Gasteiger partial charge in [-0.2, -0.15) is 0 Å². The molecule has 0 spiro atoms. The minimum Gasteiger partial charge on any atom is -0.395 e. The van der Waals surface area contributed by atoms with E-state index < -0.39 is 36.7 Å². The van der Waals surface area contributed by atoms with Gasteiger partial charge in [0.2, 0.25) is 6.43 Å². The molecular weight excluding hydrogens is 284 g/mol. The van der Waals surface area contributed by atoms with E-state index in [0.29, 0.717) is 32.2 Å². The average molecular weight is 309 g/mol. The van der Waals surface area contributed by atoms with Gasteiger partial charge in [0.25, 0.3) is 0 Å². The molecule has 0 bridgehead atoms. The number of alkyl halides is 2. The molecule has 21 heavy (non-hydrogen) atoms. The normalized spacial score (nSPS) is 42.4. The van der Waals surface area contributed by atoms with Gasteiger partial charge in [-0.3, -0.25) is 4.90 Å². The first-order valence-corrected chi connectivity index (χ1v) is 7.61. The summed E-state index contributed by atoms with van der Waals surface area (Å²) in [6, 6.07) is -0.615. The predicted molar refractivity (Wildman–Crippen MR) is 71.9 cm³/mol. The fraction of sp³-hybridized carbons (Fsp3) is 1.00.